The van der Waals surface area contributed by atoms with Crippen LogP contribution in [0.3, 0.4) is 0 Å². The van der Waals surface area contributed by atoms with E-state index in [1.807, 2.05) is 18.2 Å². The molecule has 3 heteroatoms. The molecule has 0 aromatic heterocycles. The molecule has 0 aliphatic heterocycles. The second-order valence-electron chi connectivity index (χ2n) is 5.05. The SMILES string of the molecule is Nc1cccc(Cl)c1NC(C1CC1)C1CC1. The average molecular weight is 237 g/mol. The Kier molecular flexibility index (Phi) is 2.47. The van der Waals surface area contributed by atoms with Gasteiger partial charge in [0.1, 0.15) is 0 Å². The van der Waals surface area contributed by atoms with E-state index in [4.69, 9.17) is 17.3 Å². The van der Waals surface area contributed by atoms with Crippen molar-refractivity contribution in [1.29, 1.82) is 0 Å². The lowest BCUT2D eigenvalue weighted by Crippen LogP contribution is -2.24. The highest BCUT2D eigenvalue weighted by atomic mass is 35.5. The molecule has 0 radical (unpaired) electrons. The minimum absolute atomic E-state index is 0.599. The van der Waals surface area contributed by atoms with Crippen LogP contribution in [0.5, 0.6) is 0 Å². The lowest BCUT2D eigenvalue weighted by Gasteiger charge is -2.21. The van der Waals surface area contributed by atoms with Crippen LogP contribution in [-0.2, 0) is 0 Å². The average Bonchev–Trinajstić information content (AvgIpc) is 3.12. The van der Waals surface area contributed by atoms with Gasteiger partial charge in [-0.2, -0.15) is 0 Å². The number of hydrogen-bond acceptors (Lipinski definition) is 2. The number of para-hydroxylation sites is 1. The van der Waals surface area contributed by atoms with E-state index in [1.54, 1.807) is 0 Å². The van der Waals surface area contributed by atoms with Crippen LogP contribution in [0, 0.1) is 11.8 Å². The molecule has 2 saturated carbocycles. The maximum Gasteiger partial charge on any atom is 0.0765 e. The topological polar surface area (TPSA) is 38.0 Å². The van der Waals surface area contributed by atoms with Crippen molar-refractivity contribution in [3.8, 4) is 0 Å². The third-order valence-corrected chi connectivity index (χ3v) is 3.93. The molecule has 0 atom stereocenters. The fourth-order valence-corrected chi connectivity index (χ4v) is 2.63. The van der Waals surface area contributed by atoms with Crippen LogP contribution in [0.15, 0.2) is 18.2 Å². The Morgan fingerprint density at radius 2 is 1.81 bits per heavy atom. The third kappa shape index (κ3) is 1.99. The summed E-state index contributed by atoms with van der Waals surface area (Å²) in [6.45, 7) is 0. The Hall–Kier alpha value is -0.890. The second kappa shape index (κ2) is 3.85. The first-order chi connectivity index (χ1) is 7.75. The van der Waals surface area contributed by atoms with E-state index in [2.05, 4.69) is 5.32 Å². The lowest BCUT2D eigenvalue weighted by atomic mass is 10.1. The summed E-state index contributed by atoms with van der Waals surface area (Å²) >= 11 is 6.18. The largest absolute Gasteiger partial charge is 0.397 e. The van der Waals surface area contributed by atoms with Gasteiger partial charge in [0.25, 0.3) is 0 Å². The van der Waals surface area contributed by atoms with Gasteiger partial charge in [0, 0.05) is 6.04 Å². The van der Waals surface area contributed by atoms with Gasteiger partial charge >= 0.3 is 0 Å². The number of nitrogen functional groups attached to an aromatic ring is 1. The first-order valence-electron chi connectivity index (χ1n) is 6.06. The molecule has 1 aromatic carbocycles. The number of anilines is 2. The zero-order valence-corrected chi connectivity index (χ0v) is 10.0. The van der Waals surface area contributed by atoms with E-state index >= 15 is 0 Å². The van der Waals surface area contributed by atoms with Gasteiger partial charge in [0.15, 0.2) is 0 Å². The molecule has 0 amide bonds. The number of rotatable bonds is 4. The molecule has 3 rings (SSSR count). The summed E-state index contributed by atoms with van der Waals surface area (Å²) in [6, 6.07) is 6.30. The molecule has 2 aliphatic carbocycles. The maximum absolute atomic E-state index is 6.18. The van der Waals surface area contributed by atoms with E-state index in [0.29, 0.717) is 6.04 Å². The highest BCUT2D eigenvalue weighted by Crippen LogP contribution is 2.46. The van der Waals surface area contributed by atoms with Gasteiger partial charge in [0.2, 0.25) is 0 Å². The van der Waals surface area contributed by atoms with E-state index < -0.39 is 0 Å². The van der Waals surface area contributed by atoms with Gasteiger partial charge in [0.05, 0.1) is 16.4 Å². The van der Waals surface area contributed by atoms with Crippen LogP contribution >= 0.6 is 11.6 Å². The molecule has 0 bridgehead atoms. The van der Waals surface area contributed by atoms with Crippen molar-refractivity contribution in [3.63, 3.8) is 0 Å². The minimum Gasteiger partial charge on any atom is -0.397 e. The standard InChI is InChI=1S/C13H17ClN2/c14-10-2-1-3-11(15)13(10)16-12(8-4-5-8)9-6-7-9/h1-3,8-9,12,16H,4-7,15H2. The molecule has 16 heavy (non-hydrogen) atoms. The zero-order chi connectivity index (χ0) is 11.1. The Morgan fingerprint density at radius 3 is 2.31 bits per heavy atom. The summed E-state index contributed by atoms with van der Waals surface area (Å²) in [5.41, 5.74) is 7.66. The Labute approximate surface area is 101 Å². The number of nitrogens with two attached hydrogens (primary N) is 1. The molecule has 2 fully saturated rings. The van der Waals surface area contributed by atoms with Gasteiger partial charge in [-0.15, -0.1) is 0 Å². The van der Waals surface area contributed by atoms with Crippen molar-refractivity contribution in [2.75, 3.05) is 11.1 Å². The summed E-state index contributed by atoms with van der Waals surface area (Å²) in [5, 5.41) is 4.32. The van der Waals surface area contributed by atoms with Crippen LogP contribution in [0.25, 0.3) is 0 Å². The number of nitrogens with one attached hydrogen (secondary N) is 1. The van der Waals surface area contributed by atoms with Gasteiger partial charge in [-0.1, -0.05) is 17.7 Å². The van der Waals surface area contributed by atoms with Gasteiger partial charge in [-0.25, -0.2) is 0 Å². The predicted octanol–water partition coefficient (Wildman–Crippen LogP) is 3.52. The summed E-state index contributed by atoms with van der Waals surface area (Å²) in [6.07, 6.45) is 5.44. The van der Waals surface area contributed by atoms with Crippen LogP contribution in [-0.4, -0.2) is 6.04 Å². The van der Waals surface area contributed by atoms with Crippen molar-refractivity contribution >= 4 is 23.0 Å². The summed E-state index contributed by atoms with van der Waals surface area (Å²) in [7, 11) is 0. The van der Waals surface area contributed by atoms with E-state index in [9.17, 15) is 0 Å². The van der Waals surface area contributed by atoms with Crippen LogP contribution in [0.1, 0.15) is 25.7 Å². The molecule has 1 aromatic rings. The molecule has 86 valence electrons. The molecule has 2 nitrogen and oxygen atoms in total. The molecule has 0 spiro atoms. The second-order valence-corrected chi connectivity index (χ2v) is 5.46. The molecule has 0 heterocycles. The fourth-order valence-electron chi connectivity index (χ4n) is 2.39. The molecule has 3 N–H and O–H groups in total. The minimum atomic E-state index is 0.599. The zero-order valence-electron chi connectivity index (χ0n) is 9.25. The van der Waals surface area contributed by atoms with Crippen molar-refractivity contribution in [1.82, 2.24) is 0 Å². The third-order valence-electron chi connectivity index (χ3n) is 3.62. The lowest BCUT2D eigenvalue weighted by molar-refractivity contribution is 0.568. The number of benzene rings is 1. The maximum atomic E-state index is 6.18. The molecule has 0 saturated heterocycles. The van der Waals surface area contributed by atoms with Gasteiger partial charge in [-0.05, 0) is 49.7 Å². The summed E-state index contributed by atoms with van der Waals surface area (Å²) in [4.78, 5) is 0. The van der Waals surface area contributed by atoms with Crippen molar-refractivity contribution in [3.05, 3.63) is 23.2 Å². The van der Waals surface area contributed by atoms with Crippen molar-refractivity contribution in [2.45, 2.75) is 31.7 Å². The van der Waals surface area contributed by atoms with Crippen LogP contribution in [0.4, 0.5) is 11.4 Å². The molecule has 2 aliphatic rings. The van der Waals surface area contributed by atoms with Gasteiger partial charge < -0.3 is 11.1 Å². The first-order valence-corrected chi connectivity index (χ1v) is 6.44. The van der Waals surface area contributed by atoms with Crippen LogP contribution in [0.2, 0.25) is 5.02 Å². The van der Waals surface area contributed by atoms with Crippen molar-refractivity contribution in [2.24, 2.45) is 11.8 Å². The smallest absolute Gasteiger partial charge is 0.0765 e. The highest BCUT2D eigenvalue weighted by Gasteiger charge is 2.41. The number of halogens is 1. The quantitative estimate of drug-likeness (QED) is 0.785. The summed E-state index contributed by atoms with van der Waals surface area (Å²) < 4.78 is 0. The van der Waals surface area contributed by atoms with Crippen LogP contribution < -0.4 is 11.1 Å². The van der Waals surface area contributed by atoms with E-state index in [1.165, 1.54) is 25.7 Å². The fraction of sp³-hybridized carbons (Fsp3) is 0.538. The first kappa shape index (κ1) is 10.3. The number of hydrogen-bond donors (Lipinski definition) is 2. The Morgan fingerprint density at radius 1 is 1.19 bits per heavy atom. The van der Waals surface area contributed by atoms with E-state index in [-0.39, 0.29) is 0 Å². The highest BCUT2D eigenvalue weighted by molar-refractivity contribution is 6.33. The van der Waals surface area contributed by atoms with Gasteiger partial charge in [-0.3, -0.25) is 0 Å². The Bertz CT molecular complexity index is 365. The summed E-state index contributed by atoms with van der Waals surface area (Å²) in [5.74, 6) is 1.70. The normalized spacial score (nSPS) is 20.1. The Balaban J connectivity index is 1.81. The molecular weight excluding hydrogens is 220 g/mol. The molecule has 0 unspecified atom stereocenters. The monoisotopic (exact) mass is 236 g/mol. The van der Waals surface area contributed by atoms with Crippen molar-refractivity contribution < 1.29 is 0 Å². The molecular formula is C13H17ClN2. The van der Waals surface area contributed by atoms with E-state index in [0.717, 1.165) is 28.2 Å². The predicted molar refractivity (Wildman–Crippen MR) is 68.7 cm³/mol.